The third-order valence-electron chi connectivity index (χ3n) is 9.59. The van der Waals surface area contributed by atoms with Crippen molar-refractivity contribution in [2.24, 2.45) is 0 Å². The van der Waals surface area contributed by atoms with Gasteiger partial charge in [0.1, 0.15) is 11.2 Å². The second kappa shape index (κ2) is 11.7. The predicted octanol–water partition coefficient (Wildman–Crippen LogP) is 13.8. The van der Waals surface area contributed by atoms with Crippen molar-refractivity contribution >= 4 is 78.6 Å². The Kier molecular flexibility index (Phi) is 6.74. The van der Waals surface area contributed by atoms with Gasteiger partial charge in [0, 0.05) is 49.4 Å². The summed E-state index contributed by atoms with van der Waals surface area (Å²) >= 11 is 1.82. The number of furan rings is 1. The van der Waals surface area contributed by atoms with Crippen molar-refractivity contribution in [1.29, 1.82) is 0 Å². The van der Waals surface area contributed by atoms with E-state index in [2.05, 4.69) is 180 Å². The van der Waals surface area contributed by atoms with Crippen LogP contribution in [0.5, 0.6) is 0 Å². The summed E-state index contributed by atoms with van der Waals surface area (Å²) in [5, 5.41) is 4.70. The van der Waals surface area contributed by atoms with Crippen LogP contribution in [0.4, 0.5) is 34.1 Å². The molecule has 8 aromatic carbocycles. The Bertz CT molecular complexity index is 2720. The smallest absolute Gasteiger partial charge is 0.137 e. The number of para-hydroxylation sites is 2. The third-order valence-corrected chi connectivity index (χ3v) is 10.7. The van der Waals surface area contributed by atoms with Gasteiger partial charge in [0.05, 0.1) is 11.4 Å². The number of hydrogen-bond donors (Lipinski definition) is 0. The summed E-state index contributed by atoms with van der Waals surface area (Å²) in [7, 11) is 0. The van der Waals surface area contributed by atoms with E-state index in [-0.39, 0.29) is 0 Å². The molecule has 0 fully saturated rings. The van der Waals surface area contributed by atoms with Gasteiger partial charge < -0.3 is 14.2 Å². The maximum Gasteiger partial charge on any atom is 0.137 e. The van der Waals surface area contributed by atoms with E-state index in [0.717, 1.165) is 56.1 Å². The number of benzene rings is 8. The van der Waals surface area contributed by atoms with E-state index in [4.69, 9.17) is 4.42 Å². The van der Waals surface area contributed by atoms with Gasteiger partial charge in [-0.25, -0.2) is 0 Å². The van der Waals surface area contributed by atoms with Crippen molar-refractivity contribution in [3.63, 3.8) is 0 Å². The minimum atomic E-state index is 0.887. The van der Waals surface area contributed by atoms with Gasteiger partial charge in [-0.15, -0.1) is 0 Å². The molecule has 0 saturated carbocycles. The number of hydrogen-bond acceptors (Lipinski definition) is 4. The van der Waals surface area contributed by atoms with Crippen molar-refractivity contribution in [2.75, 3.05) is 9.80 Å². The zero-order chi connectivity index (χ0) is 33.0. The summed E-state index contributed by atoms with van der Waals surface area (Å²) in [6.07, 6.45) is 0. The quantitative estimate of drug-likeness (QED) is 0.183. The molecule has 0 saturated heterocycles. The monoisotopic (exact) mass is 658 g/mol. The summed E-state index contributed by atoms with van der Waals surface area (Å²) in [5.74, 6) is 0. The molecule has 1 aliphatic heterocycles. The van der Waals surface area contributed by atoms with Crippen LogP contribution in [0.15, 0.2) is 196 Å². The fourth-order valence-corrected chi connectivity index (χ4v) is 8.33. The molecule has 236 valence electrons. The Morgan fingerprint density at radius 1 is 0.420 bits per heavy atom. The molecular formula is C46H30N2OS. The highest BCUT2D eigenvalue weighted by atomic mass is 32.2. The van der Waals surface area contributed by atoms with E-state index in [1.54, 1.807) is 0 Å². The summed E-state index contributed by atoms with van der Waals surface area (Å²) < 4.78 is 6.34. The summed E-state index contributed by atoms with van der Waals surface area (Å²) in [5.41, 5.74) is 10.9. The van der Waals surface area contributed by atoms with Gasteiger partial charge in [-0.3, -0.25) is 0 Å². The summed E-state index contributed by atoms with van der Waals surface area (Å²) in [6.45, 7) is 0. The molecule has 0 atom stereocenters. The first-order chi connectivity index (χ1) is 24.8. The molecule has 50 heavy (non-hydrogen) atoms. The van der Waals surface area contributed by atoms with Gasteiger partial charge in [-0.05, 0) is 94.7 Å². The van der Waals surface area contributed by atoms with Gasteiger partial charge in [-0.1, -0.05) is 115 Å². The SMILES string of the molecule is c1ccc(-c2cccc(N(c3ccc4c(c3)Sc3ccccc3N4c3ccc4c(c3)oc3ccccc34)c3ccc4ccccc4c3)c2)cc1. The zero-order valence-corrected chi connectivity index (χ0v) is 27.8. The average molecular weight is 659 g/mol. The van der Waals surface area contributed by atoms with Gasteiger partial charge in [0.2, 0.25) is 0 Å². The zero-order valence-electron chi connectivity index (χ0n) is 27.0. The van der Waals surface area contributed by atoms with E-state index < -0.39 is 0 Å². The fourth-order valence-electron chi connectivity index (χ4n) is 7.23. The minimum Gasteiger partial charge on any atom is -0.456 e. The van der Waals surface area contributed by atoms with Gasteiger partial charge >= 0.3 is 0 Å². The number of fused-ring (bicyclic) bond motifs is 6. The third kappa shape index (κ3) is 4.84. The Morgan fingerprint density at radius 3 is 2.06 bits per heavy atom. The fraction of sp³-hybridized carbons (Fsp3) is 0. The lowest BCUT2D eigenvalue weighted by Gasteiger charge is -2.34. The predicted molar refractivity (Wildman–Crippen MR) is 210 cm³/mol. The van der Waals surface area contributed by atoms with Crippen molar-refractivity contribution in [2.45, 2.75) is 9.79 Å². The van der Waals surface area contributed by atoms with Crippen molar-refractivity contribution in [1.82, 2.24) is 0 Å². The van der Waals surface area contributed by atoms with Gasteiger partial charge in [0.25, 0.3) is 0 Å². The second-order valence-electron chi connectivity index (χ2n) is 12.6. The average Bonchev–Trinajstić information content (AvgIpc) is 3.55. The van der Waals surface area contributed by atoms with Gasteiger partial charge in [-0.2, -0.15) is 0 Å². The molecule has 9 aromatic rings. The van der Waals surface area contributed by atoms with E-state index >= 15 is 0 Å². The normalized spacial score (nSPS) is 12.3. The molecule has 0 spiro atoms. The molecule has 0 aliphatic carbocycles. The van der Waals surface area contributed by atoms with Crippen LogP contribution in [0.25, 0.3) is 43.8 Å². The molecule has 3 nitrogen and oxygen atoms in total. The van der Waals surface area contributed by atoms with Crippen LogP contribution in [0.1, 0.15) is 0 Å². The summed E-state index contributed by atoms with van der Waals surface area (Å²) in [6, 6.07) is 65.1. The molecule has 0 amide bonds. The highest BCUT2D eigenvalue weighted by Gasteiger charge is 2.27. The van der Waals surface area contributed by atoms with Crippen LogP contribution in [-0.2, 0) is 0 Å². The van der Waals surface area contributed by atoms with Gasteiger partial charge in [0.15, 0.2) is 0 Å². The lowest BCUT2D eigenvalue weighted by atomic mass is 10.0. The largest absolute Gasteiger partial charge is 0.456 e. The van der Waals surface area contributed by atoms with Crippen LogP contribution < -0.4 is 9.80 Å². The first-order valence-electron chi connectivity index (χ1n) is 16.8. The maximum atomic E-state index is 6.34. The Morgan fingerprint density at radius 2 is 1.12 bits per heavy atom. The van der Waals surface area contributed by atoms with Crippen molar-refractivity contribution in [3.05, 3.63) is 182 Å². The minimum absolute atomic E-state index is 0.887. The molecule has 10 rings (SSSR count). The Labute approximate surface area is 294 Å². The van der Waals surface area contributed by atoms with Crippen LogP contribution in [-0.4, -0.2) is 0 Å². The van der Waals surface area contributed by atoms with Crippen LogP contribution in [0.2, 0.25) is 0 Å². The van der Waals surface area contributed by atoms with Crippen molar-refractivity contribution < 1.29 is 4.42 Å². The highest BCUT2D eigenvalue weighted by Crippen LogP contribution is 2.53. The molecule has 2 heterocycles. The van der Waals surface area contributed by atoms with Crippen LogP contribution in [0, 0.1) is 0 Å². The highest BCUT2D eigenvalue weighted by molar-refractivity contribution is 7.99. The first kappa shape index (κ1) is 28.8. The lowest BCUT2D eigenvalue weighted by molar-refractivity contribution is 0.669. The van der Waals surface area contributed by atoms with E-state index in [0.29, 0.717) is 0 Å². The summed E-state index contributed by atoms with van der Waals surface area (Å²) in [4.78, 5) is 7.15. The number of nitrogens with zero attached hydrogens (tertiary/aromatic N) is 2. The number of rotatable bonds is 5. The molecular weight excluding hydrogens is 629 g/mol. The molecule has 1 aliphatic rings. The number of anilines is 6. The first-order valence-corrected chi connectivity index (χ1v) is 17.7. The molecule has 4 heteroatoms. The standard InChI is InChI=1S/C46H30N2OS/c1-2-11-31(12-3-1)34-15-10-16-35(27-34)47(36-22-21-32-13-4-5-14-33(32)28-36)38-24-26-42-46(30-38)50-45-20-9-7-18-41(45)48(42)37-23-25-40-39-17-6-8-19-43(39)49-44(40)29-37/h1-30H. The van der Waals surface area contributed by atoms with E-state index in [9.17, 15) is 0 Å². The van der Waals surface area contributed by atoms with Crippen LogP contribution >= 0.6 is 11.8 Å². The Hall–Kier alpha value is -6.23. The Balaban J connectivity index is 1.14. The van der Waals surface area contributed by atoms with E-state index in [1.165, 1.54) is 31.7 Å². The lowest BCUT2D eigenvalue weighted by Crippen LogP contribution is -2.16. The van der Waals surface area contributed by atoms with Crippen LogP contribution in [0.3, 0.4) is 0 Å². The van der Waals surface area contributed by atoms with Crippen molar-refractivity contribution in [3.8, 4) is 11.1 Å². The molecule has 0 unspecified atom stereocenters. The topological polar surface area (TPSA) is 19.6 Å². The maximum absolute atomic E-state index is 6.34. The molecule has 0 N–H and O–H groups in total. The second-order valence-corrected chi connectivity index (χ2v) is 13.7. The van der Waals surface area contributed by atoms with E-state index in [1.807, 2.05) is 23.9 Å². The molecule has 1 aromatic heterocycles. The molecule has 0 bridgehead atoms. The molecule has 0 radical (unpaired) electrons.